The van der Waals surface area contributed by atoms with Gasteiger partial charge in [-0.3, -0.25) is 0 Å². The molecule has 0 spiro atoms. The van der Waals surface area contributed by atoms with Crippen molar-refractivity contribution in [3.63, 3.8) is 0 Å². The van der Waals surface area contributed by atoms with E-state index in [1.807, 2.05) is 67.6 Å². The first-order valence-electron chi connectivity index (χ1n) is 8.74. The molecular weight excluding hydrogens is 316 g/mol. The topological polar surface area (TPSA) is 47.9 Å². The van der Waals surface area contributed by atoms with Crippen LogP contribution < -0.4 is 0 Å². The third-order valence-corrected chi connectivity index (χ3v) is 4.49. The minimum Gasteiger partial charge on any atom is -0.388 e. The Morgan fingerprint density at radius 3 is 2.24 bits per heavy atom. The summed E-state index contributed by atoms with van der Waals surface area (Å²) in [6.07, 6.45) is -0.249. The van der Waals surface area contributed by atoms with Crippen LogP contribution >= 0.6 is 0 Å². The molecule has 1 saturated heterocycles. The summed E-state index contributed by atoms with van der Waals surface area (Å²) in [6, 6.07) is 20.1. The summed E-state index contributed by atoms with van der Waals surface area (Å²) >= 11 is 0. The first kappa shape index (κ1) is 18.1. The largest absolute Gasteiger partial charge is 0.388 e. The minimum atomic E-state index is -0.606. The molecule has 134 valence electrons. The fourth-order valence-electron chi connectivity index (χ4n) is 3.02. The lowest BCUT2D eigenvalue weighted by Crippen LogP contribution is -2.50. The zero-order valence-electron chi connectivity index (χ0n) is 14.6. The second kappa shape index (κ2) is 8.59. The molecule has 3 rings (SSSR count). The molecule has 4 heteroatoms. The molecule has 1 N–H and O–H groups in total. The SMILES string of the molecule is C[C@]1(COCc2ccccc2)C[C@H](OCc2ccccc2)[C@@H](O)CO1. The highest BCUT2D eigenvalue weighted by atomic mass is 16.6. The van der Waals surface area contributed by atoms with Crippen LogP contribution in [0.25, 0.3) is 0 Å². The van der Waals surface area contributed by atoms with Gasteiger partial charge in [-0.1, -0.05) is 60.7 Å². The fourth-order valence-corrected chi connectivity index (χ4v) is 3.02. The van der Waals surface area contributed by atoms with Crippen LogP contribution in [-0.2, 0) is 27.4 Å². The van der Waals surface area contributed by atoms with Gasteiger partial charge in [0.05, 0.1) is 38.1 Å². The molecule has 1 aliphatic rings. The molecule has 2 aromatic rings. The molecule has 1 heterocycles. The van der Waals surface area contributed by atoms with E-state index in [0.717, 1.165) is 11.1 Å². The van der Waals surface area contributed by atoms with Crippen molar-refractivity contribution in [3.05, 3.63) is 71.8 Å². The molecular formula is C21H26O4. The molecule has 0 aliphatic carbocycles. The molecule has 0 saturated carbocycles. The normalized spacial score (nSPS) is 26.5. The summed E-state index contributed by atoms with van der Waals surface area (Å²) in [6.45, 7) is 3.80. The number of aliphatic hydroxyl groups excluding tert-OH is 1. The highest BCUT2D eigenvalue weighted by molar-refractivity contribution is 5.14. The van der Waals surface area contributed by atoms with E-state index in [1.165, 1.54) is 0 Å². The number of ether oxygens (including phenoxy) is 3. The monoisotopic (exact) mass is 342 g/mol. The predicted octanol–water partition coefficient (Wildman–Crippen LogP) is 3.33. The van der Waals surface area contributed by atoms with Crippen LogP contribution in [0.15, 0.2) is 60.7 Å². The third-order valence-electron chi connectivity index (χ3n) is 4.49. The van der Waals surface area contributed by atoms with Gasteiger partial charge in [0.1, 0.15) is 6.10 Å². The Morgan fingerprint density at radius 2 is 1.60 bits per heavy atom. The van der Waals surface area contributed by atoms with E-state index in [4.69, 9.17) is 14.2 Å². The van der Waals surface area contributed by atoms with Crippen LogP contribution in [0, 0.1) is 0 Å². The van der Waals surface area contributed by atoms with Crippen LogP contribution in [0.1, 0.15) is 24.5 Å². The lowest BCUT2D eigenvalue weighted by Gasteiger charge is -2.40. The van der Waals surface area contributed by atoms with Gasteiger partial charge in [-0.15, -0.1) is 0 Å². The van der Waals surface area contributed by atoms with Gasteiger partial charge in [0.2, 0.25) is 0 Å². The Morgan fingerprint density at radius 1 is 1.00 bits per heavy atom. The van der Waals surface area contributed by atoms with Gasteiger partial charge in [-0.25, -0.2) is 0 Å². The van der Waals surface area contributed by atoms with Crippen LogP contribution in [-0.4, -0.2) is 36.1 Å². The van der Waals surface area contributed by atoms with E-state index in [-0.39, 0.29) is 12.7 Å². The van der Waals surface area contributed by atoms with E-state index in [0.29, 0.717) is 26.2 Å². The maximum absolute atomic E-state index is 10.2. The highest BCUT2D eigenvalue weighted by Gasteiger charge is 2.39. The third kappa shape index (κ3) is 5.38. The summed E-state index contributed by atoms with van der Waals surface area (Å²) in [4.78, 5) is 0. The molecule has 0 bridgehead atoms. The lowest BCUT2D eigenvalue weighted by molar-refractivity contribution is -0.200. The van der Waals surface area contributed by atoms with Crippen molar-refractivity contribution in [2.75, 3.05) is 13.2 Å². The van der Waals surface area contributed by atoms with E-state index in [9.17, 15) is 5.11 Å². The number of hydrogen-bond donors (Lipinski definition) is 1. The molecule has 25 heavy (non-hydrogen) atoms. The lowest BCUT2D eigenvalue weighted by atomic mass is 9.93. The van der Waals surface area contributed by atoms with Gasteiger partial charge in [-0.05, 0) is 18.1 Å². The Hall–Kier alpha value is -1.72. The zero-order chi connectivity index (χ0) is 17.5. The Labute approximate surface area is 149 Å². The molecule has 0 radical (unpaired) electrons. The van der Waals surface area contributed by atoms with Gasteiger partial charge in [-0.2, -0.15) is 0 Å². The maximum Gasteiger partial charge on any atom is 0.104 e. The van der Waals surface area contributed by atoms with Crippen LogP contribution in [0.4, 0.5) is 0 Å². The summed E-state index contributed by atoms with van der Waals surface area (Å²) in [5, 5.41) is 10.2. The maximum atomic E-state index is 10.2. The second-order valence-electron chi connectivity index (χ2n) is 6.85. The molecule has 1 fully saturated rings. The standard InChI is InChI=1S/C21H26O4/c1-21(16-23-13-17-8-4-2-5-9-17)12-20(19(22)15-25-21)24-14-18-10-6-3-7-11-18/h2-11,19-20,22H,12-16H2,1H3/t19-,20-,21+/m0/s1. The highest BCUT2D eigenvalue weighted by Crippen LogP contribution is 2.28. The van der Waals surface area contributed by atoms with E-state index in [2.05, 4.69) is 0 Å². The summed E-state index contributed by atoms with van der Waals surface area (Å²) < 4.78 is 17.6. The first-order valence-corrected chi connectivity index (χ1v) is 8.74. The van der Waals surface area contributed by atoms with Crippen molar-refractivity contribution < 1.29 is 19.3 Å². The zero-order valence-corrected chi connectivity index (χ0v) is 14.6. The smallest absolute Gasteiger partial charge is 0.104 e. The number of rotatable bonds is 7. The Kier molecular flexibility index (Phi) is 6.21. The summed E-state index contributed by atoms with van der Waals surface area (Å²) in [5.41, 5.74) is 1.79. The Bertz CT molecular complexity index is 631. The number of hydrogen-bond acceptors (Lipinski definition) is 4. The molecule has 2 aromatic carbocycles. The molecule has 0 unspecified atom stereocenters. The van der Waals surface area contributed by atoms with Crippen molar-refractivity contribution in [2.24, 2.45) is 0 Å². The van der Waals surface area contributed by atoms with Crippen LogP contribution in [0.3, 0.4) is 0 Å². The average Bonchev–Trinajstić information content (AvgIpc) is 2.64. The van der Waals surface area contributed by atoms with Crippen molar-refractivity contribution in [1.29, 1.82) is 0 Å². The van der Waals surface area contributed by atoms with Crippen molar-refractivity contribution in [2.45, 2.75) is 44.4 Å². The molecule has 4 nitrogen and oxygen atoms in total. The van der Waals surface area contributed by atoms with Gasteiger partial charge >= 0.3 is 0 Å². The predicted molar refractivity (Wildman–Crippen MR) is 96.1 cm³/mol. The van der Waals surface area contributed by atoms with Gasteiger partial charge < -0.3 is 19.3 Å². The molecule has 0 aromatic heterocycles. The quantitative estimate of drug-likeness (QED) is 0.838. The van der Waals surface area contributed by atoms with Gasteiger partial charge in [0, 0.05) is 6.42 Å². The van der Waals surface area contributed by atoms with Crippen LogP contribution in [0.2, 0.25) is 0 Å². The Balaban J connectivity index is 1.49. The molecule has 3 atom stereocenters. The average molecular weight is 342 g/mol. The minimum absolute atomic E-state index is 0.251. The van der Waals surface area contributed by atoms with Gasteiger partial charge in [0.25, 0.3) is 0 Å². The first-order chi connectivity index (χ1) is 12.1. The molecule has 1 aliphatic heterocycles. The summed E-state index contributed by atoms with van der Waals surface area (Å²) in [7, 11) is 0. The second-order valence-corrected chi connectivity index (χ2v) is 6.85. The van der Waals surface area contributed by atoms with E-state index in [1.54, 1.807) is 0 Å². The fraction of sp³-hybridized carbons (Fsp3) is 0.429. The van der Waals surface area contributed by atoms with E-state index >= 15 is 0 Å². The molecule has 0 amide bonds. The number of benzene rings is 2. The van der Waals surface area contributed by atoms with Crippen LogP contribution in [0.5, 0.6) is 0 Å². The summed E-state index contributed by atoms with van der Waals surface area (Å²) in [5.74, 6) is 0. The van der Waals surface area contributed by atoms with Crippen molar-refractivity contribution >= 4 is 0 Å². The van der Waals surface area contributed by atoms with Crippen molar-refractivity contribution in [3.8, 4) is 0 Å². The van der Waals surface area contributed by atoms with Gasteiger partial charge in [0.15, 0.2) is 0 Å². The number of aliphatic hydroxyl groups is 1. The van der Waals surface area contributed by atoms with Crippen molar-refractivity contribution in [1.82, 2.24) is 0 Å². The van der Waals surface area contributed by atoms with E-state index < -0.39 is 11.7 Å².